The maximum absolute atomic E-state index is 12.9. The average molecular weight is 374 g/mol. The summed E-state index contributed by atoms with van der Waals surface area (Å²) in [5.41, 5.74) is 0. The lowest BCUT2D eigenvalue weighted by molar-refractivity contribution is 0.286. The summed E-state index contributed by atoms with van der Waals surface area (Å²) in [6.07, 6.45) is 7.21. The van der Waals surface area contributed by atoms with Crippen LogP contribution >= 0.6 is 15.9 Å². The predicted molar refractivity (Wildman–Crippen MR) is 84.4 cm³/mol. The fourth-order valence-electron chi connectivity index (χ4n) is 2.81. The summed E-state index contributed by atoms with van der Waals surface area (Å²) in [6.45, 7) is 2.57. The van der Waals surface area contributed by atoms with Crippen LogP contribution in [0.3, 0.4) is 0 Å². The van der Waals surface area contributed by atoms with Crippen molar-refractivity contribution in [2.24, 2.45) is 5.92 Å². The molecule has 0 bridgehead atoms. The van der Waals surface area contributed by atoms with Crippen LogP contribution in [0.25, 0.3) is 0 Å². The molecule has 2 heterocycles. The molecule has 1 N–H and O–H groups in total. The minimum Gasteiger partial charge on any atom is -0.316 e. The fraction of sp³-hybridized carbons (Fsp3) is 0.643. The van der Waals surface area contributed by atoms with E-state index in [4.69, 9.17) is 0 Å². The highest BCUT2D eigenvalue weighted by Gasteiger charge is 2.39. The van der Waals surface area contributed by atoms with Gasteiger partial charge in [-0.2, -0.15) is 4.31 Å². The molecule has 1 atom stereocenters. The predicted octanol–water partition coefficient (Wildman–Crippen LogP) is 2.00. The van der Waals surface area contributed by atoms with Crippen molar-refractivity contribution in [3.8, 4) is 0 Å². The van der Waals surface area contributed by atoms with Crippen LogP contribution in [-0.2, 0) is 10.0 Å². The van der Waals surface area contributed by atoms with Crippen LogP contribution in [-0.4, -0.2) is 43.4 Å². The molecule has 1 aromatic rings. The monoisotopic (exact) mass is 373 g/mol. The molecule has 2 fully saturated rings. The number of piperidine rings is 1. The Balaban J connectivity index is 1.82. The normalized spacial score (nSPS) is 23.4. The number of rotatable bonds is 5. The fourth-order valence-corrected chi connectivity index (χ4v) is 5.08. The van der Waals surface area contributed by atoms with Crippen molar-refractivity contribution in [2.45, 2.75) is 36.6 Å². The van der Waals surface area contributed by atoms with E-state index in [0.717, 1.165) is 38.8 Å². The number of aromatic nitrogens is 1. The van der Waals surface area contributed by atoms with Crippen molar-refractivity contribution in [3.05, 3.63) is 22.9 Å². The molecule has 1 aliphatic heterocycles. The van der Waals surface area contributed by atoms with Crippen LogP contribution in [0.5, 0.6) is 0 Å². The molecule has 3 rings (SSSR count). The zero-order valence-electron chi connectivity index (χ0n) is 11.8. The van der Waals surface area contributed by atoms with E-state index in [1.165, 1.54) is 6.20 Å². The van der Waals surface area contributed by atoms with E-state index in [2.05, 4.69) is 26.2 Å². The lowest BCUT2D eigenvalue weighted by Crippen LogP contribution is -2.42. The van der Waals surface area contributed by atoms with E-state index in [9.17, 15) is 8.42 Å². The Morgan fingerprint density at radius 2 is 2.14 bits per heavy atom. The summed E-state index contributed by atoms with van der Waals surface area (Å²) in [6, 6.07) is 1.81. The average Bonchev–Trinajstić information content (AvgIpc) is 3.30. The van der Waals surface area contributed by atoms with Gasteiger partial charge in [0.2, 0.25) is 10.0 Å². The number of sulfonamides is 1. The van der Waals surface area contributed by atoms with Gasteiger partial charge in [0.15, 0.2) is 0 Å². The molecule has 1 aliphatic carbocycles. The second kappa shape index (κ2) is 6.32. The lowest BCUT2D eigenvalue weighted by atomic mass is 10.00. The maximum atomic E-state index is 12.9. The topological polar surface area (TPSA) is 62.3 Å². The SMILES string of the molecule is O=S(=O)(c1cncc(Br)c1)N(CC1CCCNC1)C1CC1. The Morgan fingerprint density at radius 1 is 1.33 bits per heavy atom. The number of halogens is 1. The molecule has 0 aromatic carbocycles. The molecule has 116 valence electrons. The molecule has 0 amide bonds. The first-order valence-electron chi connectivity index (χ1n) is 7.40. The van der Waals surface area contributed by atoms with Gasteiger partial charge >= 0.3 is 0 Å². The summed E-state index contributed by atoms with van der Waals surface area (Å²) in [5, 5.41) is 3.36. The Labute approximate surface area is 134 Å². The van der Waals surface area contributed by atoms with Crippen LogP contribution in [0, 0.1) is 5.92 Å². The van der Waals surface area contributed by atoms with Gasteiger partial charge in [0.25, 0.3) is 0 Å². The number of pyridine rings is 1. The first-order valence-corrected chi connectivity index (χ1v) is 9.64. The molecule has 0 spiro atoms. The van der Waals surface area contributed by atoms with Gasteiger partial charge in [0.1, 0.15) is 4.90 Å². The molecule has 21 heavy (non-hydrogen) atoms. The zero-order chi connectivity index (χ0) is 14.9. The van der Waals surface area contributed by atoms with E-state index in [-0.39, 0.29) is 10.9 Å². The maximum Gasteiger partial charge on any atom is 0.244 e. The second-order valence-corrected chi connectivity index (χ2v) is 8.66. The van der Waals surface area contributed by atoms with Gasteiger partial charge in [-0.1, -0.05) is 0 Å². The van der Waals surface area contributed by atoms with Crippen LogP contribution < -0.4 is 5.32 Å². The van der Waals surface area contributed by atoms with Gasteiger partial charge in [-0.05, 0) is 66.7 Å². The van der Waals surface area contributed by atoms with Gasteiger partial charge in [-0.25, -0.2) is 8.42 Å². The van der Waals surface area contributed by atoms with Crippen molar-refractivity contribution in [3.63, 3.8) is 0 Å². The van der Waals surface area contributed by atoms with Crippen molar-refractivity contribution >= 4 is 26.0 Å². The number of nitrogens with zero attached hydrogens (tertiary/aromatic N) is 2. The zero-order valence-corrected chi connectivity index (χ0v) is 14.2. The van der Waals surface area contributed by atoms with E-state index in [0.29, 0.717) is 16.9 Å². The Morgan fingerprint density at radius 3 is 2.76 bits per heavy atom. The molecule has 1 saturated carbocycles. The summed E-state index contributed by atoms with van der Waals surface area (Å²) in [7, 11) is -3.45. The summed E-state index contributed by atoms with van der Waals surface area (Å²) < 4.78 is 28.2. The minimum atomic E-state index is -3.45. The highest BCUT2D eigenvalue weighted by molar-refractivity contribution is 9.10. The standard InChI is InChI=1S/C14H20BrN3O2S/c15-12-6-14(9-17-8-12)21(19,20)18(13-3-4-13)10-11-2-1-5-16-7-11/h6,8-9,11,13,16H,1-5,7,10H2. The van der Waals surface area contributed by atoms with Gasteiger partial charge in [-0.3, -0.25) is 4.98 Å². The van der Waals surface area contributed by atoms with E-state index >= 15 is 0 Å². The summed E-state index contributed by atoms with van der Waals surface area (Å²) in [5.74, 6) is 0.411. The molecule has 1 aromatic heterocycles. The van der Waals surface area contributed by atoms with Gasteiger partial charge < -0.3 is 5.32 Å². The largest absolute Gasteiger partial charge is 0.316 e. The third-order valence-electron chi connectivity index (χ3n) is 4.08. The minimum absolute atomic E-state index is 0.177. The quantitative estimate of drug-likeness (QED) is 0.857. The highest BCUT2D eigenvalue weighted by atomic mass is 79.9. The lowest BCUT2D eigenvalue weighted by Gasteiger charge is -2.29. The van der Waals surface area contributed by atoms with E-state index in [1.54, 1.807) is 16.6 Å². The van der Waals surface area contributed by atoms with Crippen LogP contribution in [0.4, 0.5) is 0 Å². The van der Waals surface area contributed by atoms with Crippen molar-refractivity contribution in [1.82, 2.24) is 14.6 Å². The molecule has 2 aliphatic rings. The van der Waals surface area contributed by atoms with Crippen LogP contribution in [0.2, 0.25) is 0 Å². The third-order valence-corrected chi connectivity index (χ3v) is 6.39. The van der Waals surface area contributed by atoms with Crippen molar-refractivity contribution in [1.29, 1.82) is 0 Å². The molecule has 0 radical (unpaired) electrons. The Kier molecular flexibility index (Phi) is 4.63. The van der Waals surface area contributed by atoms with E-state index < -0.39 is 10.0 Å². The summed E-state index contributed by atoms with van der Waals surface area (Å²) >= 11 is 3.30. The van der Waals surface area contributed by atoms with Crippen molar-refractivity contribution < 1.29 is 8.42 Å². The molecule has 5 nitrogen and oxygen atoms in total. The Bertz CT molecular complexity index is 598. The smallest absolute Gasteiger partial charge is 0.244 e. The molecular weight excluding hydrogens is 354 g/mol. The van der Waals surface area contributed by atoms with Crippen LogP contribution in [0.1, 0.15) is 25.7 Å². The van der Waals surface area contributed by atoms with Gasteiger partial charge in [0, 0.05) is 29.5 Å². The highest BCUT2D eigenvalue weighted by Crippen LogP contribution is 2.33. The number of hydrogen-bond donors (Lipinski definition) is 1. The number of nitrogens with one attached hydrogen (secondary N) is 1. The van der Waals surface area contributed by atoms with Gasteiger partial charge in [0.05, 0.1) is 0 Å². The Hall–Kier alpha value is -0.500. The van der Waals surface area contributed by atoms with E-state index in [1.807, 2.05) is 0 Å². The molecule has 1 saturated heterocycles. The first-order chi connectivity index (χ1) is 10.1. The van der Waals surface area contributed by atoms with Crippen LogP contribution in [0.15, 0.2) is 27.8 Å². The molecule has 1 unspecified atom stereocenters. The molecule has 7 heteroatoms. The summed E-state index contributed by atoms with van der Waals surface area (Å²) in [4.78, 5) is 4.28. The first kappa shape index (κ1) is 15.4. The second-order valence-electron chi connectivity index (χ2n) is 5.86. The van der Waals surface area contributed by atoms with Crippen molar-refractivity contribution in [2.75, 3.05) is 19.6 Å². The number of hydrogen-bond acceptors (Lipinski definition) is 4. The third kappa shape index (κ3) is 3.64. The molecular formula is C14H20BrN3O2S. The van der Waals surface area contributed by atoms with Gasteiger partial charge in [-0.15, -0.1) is 0 Å².